The van der Waals surface area contributed by atoms with Gasteiger partial charge in [-0.25, -0.2) is 19.2 Å². The molecule has 2 N–H and O–H groups in total. The summed E-state index contributed by atoms with van der Waals surface area (Å²) in [5, 5.41) is 19.0. The van der Waals surface area contributed by atoms with Crippen molar-refractivity contribution < 1.29 is 38.9 Å². The van der Waals surface area contributed by atoms with Gasteiger partial charge in [-0.15, -0.1) is 0 Å². The van der Waals surface area contributed by atoms with Crippen molar-refractivity contribution in [2.24, 2.45) is 0 Å². The van der Waals surface area contributed by atoms with Crippen molar-refractivity contribution in [3.05, 3.63) is 107 Å². The highest BCUT2D eigenvalue weighted by molar-refractivity contribution is 5.98. The molecule has 0 saturated heterocycles. The van der Waals surface area contributed by atoms with E-state index in [0.29, 0.717) is 33.4 Å². The highest BCUT2D eigenvalue weighted by Crippen LogP contribution is 2.26. The van der Waals surface area contributed by atoms with Gasteiger partial charge in [-0.2, -0.15) is 0 Å². The van der Waals surface area contributed by atoms with Crippen molar-refractivity contribution >= 4 is 34.6 Å². The molecule has 0 aliphatic carbocycles. The second kappa shape index (κ2) is 9.48. The Morgan fingerprint density at radius 2 is 1.11 bits per heavy atom. The Labute approximate surface area is 199 Å². The Bertz CT molecular complexity index is 1430. The molecule has 0 spiro atoms. The average molecular weight is 470 g/mol. The van der Waals surface area contributed by atoms with E-state index >= 15 is 0 Å². The minimum atomic E-state index is -0.996. The average Bonchev–Trinajstić information content (AvgIpc) is 2.84. The molecule has 4 aliphatic heterocycles. The van der Waals surface area contributed by atoms with Crippen LogP contribution in [0.15, 0.2) is 78.9 Å². The molecular formula is C27H18O8. The van der Waals surface area contributed by atoms with E-state index in [2.05, 4.69) is 0 Å². The van der Waals surface area contributed by atoms with E-state index in [4.69, 9.17) is 19.7 Å². The van der Waals surface area contributed by atoms with Crippen molar-refractivity contribution in [2.45, 2.75) is 6.92 Å². The molecule has 0 fully saturated rings. The Hall–Kier alpha value is -4.98. The number of carboxylic acid groups (broad SMARTS) is 2. The van der Waals surface area contributed by atoms with Gasteiger partial charge in [0, 0.05) is 0 Å². The predicted molar refractivity (Wildman–Crippen MR) is 125 cm³/mol. The van der Waals surface area contributed by atoms with Gasteiger partial charge >= 0.3 is 23.9 Å². The monoisotopic (exact) mass is 470 g/mol. The first kappa shape index (κ1) is 23.2. The van der Waals surface area contributed by atoms with E-state index in [0.717, 1.165) is 5.56 Å². The van der Waals surface area contributed by atoms with Crippen LogP contribution < -0.4 is 9.47 Å². The zero-order chi connectivity index (χ0) is 25.1. The summed E-state index contributed by atoms with van der Waals surface area (Å²) in [5.41, 5.74) is 1.89. The lowest BCUT2D eigenvalue weighted by Crippen LogP contribution is -2.13. The Morgan fingerprint density at radius 1 is 0.629 bits per heavy atom. The molecule has 0 radical (unpaired) electrons. The number of aromatic carboxylic acids is 2. The molecule has 0 amide bonds. The fourth-order valence-corrected chi connectivity index (χ4v) is 3.38. The molecule has 4 aliphatic rings. The SMILES string of the molecule is Cc1cc2ccc1OC(=O)c1ccc(cc1)C(=O)O2.O=C(O)c1ccc2cc(C(=O)O)ccc2c1. The van der Waals surface area contributed by atoms with E-state index in [9.17, 15) is 19.2 Å². The van der Waals surface area contributed by atoms with Gasteiger partial charge in [0.2, 0.25) is 0 Å². The van der Waals surface area contributed by atoms with Gasteiger partial charge in [0.15, 0.2) is 0 Å². The molecular weight excluding hydrogens is 452 g/mol. The van der Waals surface area contributed by atoms with Crippen LogP contribution in [-0.4, -0.2) is 34.1 Å². The third-order valence-electron chi connectivity index (χ3n) is 5.25. The van der Waals surface area contributed by atoms with Gasteiger partial charge in [-0.05, 0) is 90.0 Å². The number of aryl methyl sites for hydroxylation is 1. The quantitative estimate of drug-likeness (QED) is 0.310. The highest BCUT2D eigenvalue weighted by Gasteiger charge is 2.16. The predicted octanol–water partition coefficient (Wildman–Crippen LogP) is 4.98. The van der Waals surface area contributed by atoms with Crippen LogP contribution in [0.4, 0.5) is 0 Å². The van der Waals surface area contributed by atoms with Crippen LogP contribution in [0.3, 0.4) is 0 Å². The fraction of sp³-hybridized carbons (Fsp3) is 0.0370. The number of ether oxygens (including phenoxy) is 2. The molecule has 0 aromatic heterocycles. The number of hydrogen-bond acceptors (Lipinski definition) is 6. The van der Waals surface area contributed by atoms with Crippen LogP contribution >= 0.6 is 0 Å². The first-order valence-electron chi connectivity index (χ1n) is 10.4. The molecule has 8 heteroatoms. The minimum absolute atomic E-state index is 0.190. The zero-order valence-electron chi connectivity index (χ0n) is 18.3. The number of benzene rings is 4. The number of fused-ring (bicyclic) bond motifs is 1. The summed E-state index contributed by atoms with van der Waals surface area (Å²) in [6.07, 6.45) is 0. The summed E-state index contributed by atoms with van der Waals surface area (Å²) in [6, 6.07) is 20.2. The lowest BCUT2D eigenvalue weighted by atomic mass is 10.0. The molecule has 35 heavy (non-hydrogen) atoms. The first-order valence-corrected chi connectivity index (χ1v) is 10.4. The Morgan fingerprint density at radius 3 is 1.57 bits per heavy atom. The number of carbonyl (C=O) groups is 4. The summed E-state index contributed by atoms with van der Waals surface area (Å²) in [4.78, 5) is 45.3. The van der Waals surface area contributed by atoms with Crippen molar-refractivity contribution in [3.8, 4) is 11.5 Å². The fourth-order valence-electron chi connectivity index (χ4n) is 3.38. The van der Waals surface area contributed by atoms with Crippen LogP contribution in [0.5, 0.6) is 11.5 Å². The lowest BCUT2D eigenvalue weighted by molar-refractivity contribution is 0.0686. The van der Waals surface area contributed by atoms with E-state index in [1.54, 1.807) is 61.5 Å². The smallest absolute Gasteiger partial charge is 0.343 e. The lowest BCUT2D eigenvalue weighted by Gasteiger charge is -2.12. The maximum absolute atomic E-state index is 11.9. The van der Waals surface area contributed by atoms with Gasteiger partial charge < -0.3 is 19.7 Å². The number of carbonyl (C=O) groups excluding carboxylic acids is 2. The molecule has 0 atom stereocenters. The molecule has 0 unspecified atom stereocenters. The second-order valence-corrected chi connectivity index (χ2v) is 7.67. The molecule has 4 aromatic carbocycles. The molecule has 4 aromatic rings. The Kier molecular flexibility index (Phi) is 6.28. The summed E-state index contributed by atoms with van der Waals surface area (Å²) < 4.78 is 10.5. The van der Waals surface area contributed by atoms with Crippen molar-refractivity contribution in [1.82, 2.24) is 0 Å². The highest BCUT2D eigenvalue weighted by atomic mass is 16.5. The van der Waals surface area contributed by atoms with Crippen LogP contribution in [-0.2, 0) is 0 Å². The molecule has 4 heterocycles. The van der Waals surface area contributed by atoms with Crippen LogP contribution in [0.25, 0.3) is 10.8 Å². The minimum Gasteiger partial charge on any atom is -0.478 e. The van der Waals surface area contributed by atoms with E-state index in [1.807, 2.05) is 0 Å². The number of esters is 2. The van der Waals surface area contributed by atoms with Gasteiger partial charge in [-0.1, -0.05) is 12.1 Å². The number of rotatable bonds is 2. The molecule has 8 nitrogen and oxygen atoms in total. The van der Waals surface area contributed by atoms with Gasteiger partial charge in [-0.3, -0.25) is 0 Å². The van der Waals surface area contributed by atoms with Crippen LogP contribution in [0.1, 0.15) is 47.0 Å². The number of carboxylic acids is 2. The van der Waals surface area contributed by atoms with Gasteiger partial charge in [0.05, 0.1) is 22.3 Å². The topological polar surface area (TPSA) is 127 Å². The van der Waals surface area contributed by atoms with E-state index in [-0.39, 0.29) is 11.1 Å². The summed E-state index contributed by atoms with van der Waals surface area (Å²) in [7, 11) is 0. The maximum atomic E-state index is 11.9. The summed E-state index contributed by atoms with van der Waals surface area (Å²) in [5.74, 6) is -2.01. The largest absolute Gasteiger partial charge is 0.478 e. The normalized spacial score (nSPS) is 12.0. The third kappa shape index (κ3) is 5.17. The van der Waals surface area contributed by atoms with Crippen LogP contribution in [0, 0.1) is 6.92 Å². The van der Waals surface area contributed by atoms with Crippen molar-refractivity contribution in [1.29, 1.82) is 0 Å². The third-order valence-corrected chi connectivity index (χ3v) is 5.25. The molecule has 8 rings (SSSR count). The van der Waals surface area contributed by atoms with E-state index in [1.165, 1.54) is 24.3 Å². The number of hydrogen-bond donors (Lipinski definition) is 2. The summed E-state index contributed by atoms with van der Waals surface area (Å²) in [6.45, 7) is 1.79. The zero-order valence-corrected chi connectivity index (χ0v) is 18.3. The first-order chi connectivity index (χ1) is 16.7. The maximum Gasteiger partial charge on any atom is 0.343 e. The van der Waals surface area contributed by atoms with Crippen LogP contribution in [0.2, 0.25) is 0 Å². The molecule has 4 bridgehead atoms. The van der Waals surface area contributed by atoms with Crippen molar-refractivity contribution in [3.63, 3.8) is 0 Å². The van der Waals surface area contributed by atoms with Gasteiger partial charge in [0.25, 0.3) is 0 Å². The standard InChI is InChI=1S/C15H10O4.C12H8O4/c1-9-8-12-6-7-13(9)19-15(17)11-4-2-10(3-5-11)14(16)18-12;13-11(14)9-3-1-7-5-10(12(15)16)4-2-8(7)6-9/h2-8H,1H3;1-6H,(H,13,14)(H,15,16). The molecule has 174 valence electrons. The second-order valence-electron chi connectivity index (χ2n) is 7.67. The summed E-state index contributed by atoms with van der Waals surface area (Å²) >= 11 is 0. The van der Waals surface area contributed by atoms with Crippen molar-refractivity contribution in [2.75, 3.05) is 0 Å². The van der Waals surface area contributed by atoms with Gasteiger partial charge in [0.1, 0.15) is 11.5 Å². The molecule has 0 saturated carbocycles. The van der Waals surface area contributed by atoms with E-state index < -0.39 is 23.9 Å². The Balaban J connectivity index is 0.000000168.